The molecule has 29 heavy (non-hydrogen) atoms. The number of alkyl carbamates (subject to hydrolysis) is 1. The number of hydrazine groups is 1. The van der Waals surface area contributed by atoms with Crippen LogP contribution >= 0.6 is 12.6 Å². The second kappa shape index (κ2) is 10.9. The lowest BCUT2D eigenvalue weighted by atomic mass is 10.1. The number of hydrogen-bond acceptors (Lipinski definition) is 5. The van der Waals surface area contributed by atoms with Crippen LogP contribution in [0.2, 0.25) is 0 Å². The van der Waals surface area contributed by atoms with Gasteiger partial charge in [0.1, 0.15) is 11.8 Å². The minimum Gasteiger partial charge on any atom is -0.444 e. The third-order valence-corrected chi connectivity index (χ3v) is 4.15. The number of carbonyl (C=O) groups is 1. The van der Waals surface area contributed by atoms with Crippen molar-refractivity contribution >= 4 is 30.5 Å². The molecule has 0 fully saturated rings. The van der Waals surface area contributed by atoms with Crippen LogP contribution in [0.15, 0.2) is 60.8 Å². The fraction of sp³-hybridized carbons (Fsp3) is 0.348. The highest BCUT2D eigenvalue weighted by Gasteiger charge is 2.20. The van der Waals surface area contributed by atoms with Crippen molar-refractivity contribution in [1.82, 2.24) is 10.7 Å². The number of ether oxygens (including phenoxy) is 1. The van der Waals surface area contributed by atoms with Gasteiger partial charge in [0.15, 0.2) is 0 Å². The Morgan fingerprint density at radius 2 is 1.90 bits per heavy atom. The first kappa shape index (κ1) is 22.8. The normalized spacial score (nSPS) is 12.6. The molecule has 0 radical (unpaired) electrons. The largest absolute Gasteiger partial charge is 0.444 e. The standard InChI is InChI=1S/C23H31N3O2S/c1-18-9-8-10-19(17-18)13-15-26(20-11-6-5-7-12-20)25-21(14-16-29)24-22(27)28-23(2,3)4/h5-13,15,17,21,25,29H,14,16H2,1-4H3,(H,24,27). The van der Waals surface area contributed by atoms with Crippen LogP contribution in [0.25, 0.3) is 6.08 Å². The zero-order chi connectivity index (χ0) is 21.3. The molecule has 1 amide bonds. The van der Waals surface area contributed by atoms with Crippen molar-refractivity contribution in [3.05, 3.63) is 71.9 Å². The molecule has 2 aromatic carbocycles. The summed E-state index contributed by atoms with van der Waals surface area (Å²) in [5.74, 6) is 0.609. The van der Waals surface area contributed by atoms with Gasteiger partial charge in [-0.15, -0.1) is 0 Å². The number of hydrogen-bond donors (Lipinski definition) is 3. The average Bonchev–Trinajstić information content (AvgIpc) is 2.64. The fourth-order valence-corrected chi connectivity index (χ4v) is 2.90. The van der Waals surface area contributed by atoms with Crippen LogP contribution in [0.4, 0.5) is 10.5 Å². The second-order valence-electron chi connectivity index (χ2n) is 7.78. The van der Waals surface area contributed by atoms with Gasteiger partial charge >= 0.3 is 6.09 Å². The summed E-state index contributed by atoms with van der Waals surface area (Å²) in [6.07, 6.45) is 3.80. The van der Waals surface area contributed by atoms with E-state index in [0.717, 1.165) is 11.3 Å². The van der Waals surface area contributed by atoms with Gasteiger partial charge in [-0.1, -0.05) is 48.0 Å². The van der Waals surface area contributed by atoms with Gasteiger partial charge in [-0.05, 0) is 63.6 Å². The molecule has 6 heteroatoms. The molecular weight excluding hydrogens is 382 g/mol. The zero-order valence-corrected chi connectivity index (χ0v) is 18.4. The lowest BCUT2D eigenvalue weighted by Crippen LogP contribution is -2.52. The molecule has 0 bridgehead atoms. The Morgan fingerprint density at radius 1 is 1.17 bits per heavy atom. The highest BCUT2D eigenvalue weighted by molar-refractivity contribution is 7.80. The van der Waals surface area contributed by atoms with Crippen molar-refractivity contribution in [2.75, 3.05) is 10.8 Å². The van der Waals surface area contributed by atoms with Crippen LogP contribution in [0, 0.1) is 6.92 Å². The van der Waals surface area contributed by atoms with Gasteiger partial charge in [-0.2, -0.15) is 12.6 Å². The molecule has 2 N–H and O–H groups in total. The molecule has 0 aliphatic rings. The molecule has 2 rings (SSSR count). The van der Waals surface area contributed by atoms with Crippen LogP contribution in [-0.2, 0) is 4.74 Å². The van der Waals surface area contributed by atoms with Crippen molar-refractivity contribution < 1.29 is 9.53 Å². The van der Waals surface area contributed by atoms with Gasteiger partial charge in [-0.3, -0.25) is 5.01 Å². The summed E-state index contributed by atoms with van der Waals surface area (Å²) < 4.78 is 5.39. The molecule has 0 aromatic heterocycles. The Bertz CT molecular complexity index is 803. The van der Waals surface area contributed by atoms with E-state index in [1.165, 1.54) is 5.56 Å². The number of nitrogens with one attached hydrogen (secondary N) is 2. The van der Waals surface area contributed by atoms with E-state index in [1.807, 2.05) is 74.5 Å². The summed E-state index contributed by atoms with van der Waals surface area (Å²) in [6, 6.07) is 18.2. The van der Waals surface area contributed by atoms with Crippen LogP contribution in [0.1, 0.15) is 38.3 Å². The monoisotopic (exact) mass is 413 g/mol. The van der Waals surface area contributed by atoms with Gasteiger partial charge in [0, 0.05) is 6.20 Å². The van der Waals surface area contributed by atoms with E-state index >= 15 is 0 Å². The van der Waals surface area contributed by atoms with E-state index in [9.17, 15) is 4.79 Å². The van der Waals surface area contributed by atoms with E-state index in [2.05, 4.69) is 48.5 Å². The van der Waals surface area contributed by atoms with Crippen LogP contribution < -0.4 is 15.8 Å². The Morgan fingerprint density at radius 3 is 2.52 bits per heavy atom. The third kappa shape index (κ3) is 8.62. The van der Waals surface area contributed by atoms with E-state index in [4.69, 9.17) is 4.74 Å². The van der Waals surface area contributed by atoms with Crippen LogP contribution in [0.5, 0.6) is 0 Å². The fourth-order valence-electron chi connectivity index (χ4n) is 2.64. The second-order valence-corrected chi connectivity index (χ2v) is 8.22. The van der Waals surface area contributed by atoms with Crippen LogP contribution in [0.3, 0.4) is 0 Å². The van der Waals surface area contributed by atoms with Gasteiger partial charge < -0.3 is 10.1 Å². The number of amides is 1. The Labute approximate surface area is 179 Å². The molecule has 0 heterocycles. The lowest BCUT2D eigenvalue weighted by Gasteiger charge is -2.29. The predicted molar refractivity (Wildman–Crippen MR) is 124 cm³/mol. The minimum atomic E-state index is -0.556. The van der Waals surface area contributed by atoms with Gasteiger partial charge in [0.25, 0.3) is 0 Å². The molecule has 2 aromatic rings. The van der Waals surface area contributed by atoms with E-state index in [0.29, 0.717) is 12.2 Å². The molecule has 5 nitrogen and oxygen atoms in total. The van der Waals surface area contributed by atoms with Crippen molar-refractivity contribution in [2.45, 2.75) is 45.9 Å². The van der Waals surface area contributed by atoms with Crippen LogP contribution in [-0.4, -0.2) is 23.6 Å². The quantitative estimate of drug-likeness (QED) is 0.318. The van der Waals surface area contributed by atoms with E-state index in [-0.39, 0.29) is 6.17 Å². The predicted octanol–water partition coefficient (Wildman–Crippen LogP) is 5.15. The van der Waals surface area contributed by atoms with E-state index < -0.39 is 11.7 Å². The molecule has 0 saturated heterocycles. The van der Waals surface area contributed by atoms with E-state index in [1.54, 1.807) is 0 Å². The number of rotatable bonds is 8. The van der Waals surface area contributed by atoms with Gasteiger partial charge in [-0.25, -0.2) is 10.2 Å². The Hall–Kier alpha value is -2.44. The maximum absolute atomic E-state index is 12.2. The molecule has 156 valence electrons. The number of nitrogens with zero attached hydrogens (tertiary/aromatic N) is 1. The van der Waals surface area contributed by atoms with Crippen molar-refractivity contribution in [3.8, 4) is 0 Å². The molecular formula is C23H31N3O2S. The van der Waals surface area contributed by atoms with Crippen molar-refractivity contribution in [2.24, 2.45) is 0 Å². The number of benzene rings is 2. The molecule has 0 spiro atoms. The summed E-state index contributed by atoms with van der Waals surface area (Å²) in [7, 11) is 0. The third-order valence-electron chi connectivity index (χ3n) is 3.90. The molecule has 0 aliphatic carbocycles. The summed E-state index contributed by atoms with van der Waals surface area (Å²) in [6.45, 7) is 7.59. The minimum absolute atomic E-state index is 0.343. The molecule has 0 saturated carbocycles. The smallest absolute Gasteiger partial charge is 0.408 e. The van der Waals surface area contributed by atoms with Gasteiger partial charge in [0.2, 0.25) is 0 Å². The first-order valence-electron chi connectivity index (χ1n) is 9.72. The number of carbonyl (C=O) groups excluding carboxylic acids is 1. The van der Waals surface area contributed by atoms with Crippen molar-refractivity contribution in [1.29, 1.82) is 0 Å². The molecule has 1 unspecified atom stereocenters. The highest BCUT2D eigenvalue weighted by Crippen LogP contribution is 2.15. The summed E-state index contributed by atoms with van der Waals surface area (Å²) in [4.78, 5) is 12.2. The van der Waals surface area contributed by atoms with Gasteiger partial charge in [0.05, 0.1) is 5.69 Å². The maximum Gasteiger partial charge on any atom is 0.408 e. The number of anilines is 1. The Balaban J connectivity index is 2.19. The lowest BCUT2D eigenvalue weighted by molar-refractivity contribution is 0.0493. The Kier molecular flexibility index (Phi) is 8.61. The first-order valence-corrected chi connectivity index (χ1v) is 10.4. The number of para-hydroxylation sites is 1. The SMILES string of the molecule is Cc1cccc(C=CN(NC(CCS)NC(=O)OC(C)(C)C)c2ccccc2)c1. The highest BCUT2D eigenvalue weighted by atomic mass is 32.1. The molecule has 0 aliphatic heterocycles. The van der Waals surface area contributed by atoms with Crippen molar-refractivity contribution in [3.63, 3.8) is 0 Å². The number of thiol groups is 1. The number of aryl methyl sites for hydroxylation is 1. The maximum atomic E-state index is 12.2. The zero-order valence-electron chi connectivity index (χ0n) is 17.6. The summed E-state index contributed by atoms with van der Waals surface area (Å²) in [5.41, 5.74) is 6.05. The first-order chi connectivity index (χ1) is 13.8. The topological polar surface area (TPSA) is 53.6 Å². The average molecular weight is 414 g/mol. The summed E-state index contributed by atoms with van der Waals surface area (Å²) >= 11 is 4.33. The molecule has 1 atom stereocenters. The summed E-state index contributed by atoms with van der Waals surface area (Å²) in [5, 5.41) is 4.78.